The molecule has 4 rings (SSSR count). The smallest absolute Gasteiger partial charge is 0.185 e. The molecule has 2 fully saturated rings. The van der Waals surface area contributed by atoms with Crippen molar-refractivity contribution in [3.8, 4) is 0 Å². The minimum absolute atomic E-state index is 0.811. The number of thiazole rings is 1. The molecule has 1 aromatic heterocycles. The number of benzene rings is 1. The van der Waals surface area contributed by atoms with Gasteiger partial charge in [-0.3, -0.25) is 4.90 Å². The van der Waals surface area contributed by atoms with E-state index in [1.807, 2.05) is 6.20 Å². The molecule has 2 unspecified atom stereocenters. The molecule has 0 radical (unpaired) electrons. The fourth-order valence-corrected chi connectivity index (χ4v) is 4.42. The number of nitrogens with zero attached hydrogens (tertiary/aromatic N) is 3. The maximum absolute atomic E-state index is 4.47. The highest BCUT2D eigenvalue weighted by molar-refractivity contribution is 7.13. The molecule has 0 saturated carbocycles. The molecule has 1 aromatic carbocycles. The molecule has 3 heterocycles. The first-order valence-electron chi connectivity index (χ1n) is 7.79. The van der Waals surface area contributed by atoms with E-state index < -0.39 is 0 Å². The third-order valence-electron chi connectivity index (χ3n) is 4.82. The van der Waals surface area contributed by atoms with Gasteiger partial charge in [-0.1, -0.05) is 30.3 Å². The Morgan fingerprint density at radius 3 is 2.76 bits per heavy atom. The van der Waals surface area contributed by atoms with Gasteiger partial charge in [-0.15, -0.1) is 11.3 Å². The molecule has 0 amide bonds. The van der Waals surface area contributed by atoms with Crippen molar-refractivity contribution in [3.63, 3.8) is 0 Å². The van der Waals surface area contributed by atoms with Crippen LogP contribution in [0.1, 0.15) is 12.0 Å². The van der Waals surface area contributed by atoms with Crippen LogP contribution in [0.25, 0.3) is 0 Å². The van der Waals surface area contributed by atoms with Crippen LogP contribution in [0.3, 0.4) is 0 Å². The van der Waals surface area contributed by atoms with Crippen molar-refractivity contribution in [2.75, 3.05) is 31.1 Å². The SMILES string of the molecule is c1ccc(CN2CCC3CN(c4nccs4)CC3C2)cc1. The average Bonchev–Trinajstić information content (AvgIpc) is 3.17. The average molecular weight is 299 g/mol. The van der Waals surface area contributed by atoms with Crippen LogP contribution in [0.2, 0.25) is 0 Å². The van der Waals surface area contributed by atoms with Gasteiger partial charge in [0.05, 0.1) is 0 Å². The molecule has 110 valence electrons. The number of anilines is 1. The van der Waals surface area contributed by atoms with Gasteiger partial charge < -0.3 is 4.90 Å². The molecule has 2 aliphatic heterocycles. The summed E-state index contributed by atoms with van der Waals surface area (Å²) < 4.78 is 0. The lowest BCUT2D eigenvalue weighted by molar-refractivity contribution is 0.142. The zero-order valence-corrected chi connectivity index (χ0v) is 13.0. The predicted molar refractivity (Wildman–Crippen MR) is 87.6 cm³/mol. The predicted octanol–water partition coefficient (Wildman–Crippen LogP) is 3.10. The van der Waals surface area contributed by atoms with E-state index in [2.05, 4.69) is 50.5 Å². The van der Waals surface area contributed by atoms with Crippen molar-refractivity contribution < 1.29 is 0 Å². The van der Waals surface area contributed by atoms with Gasteiger partial charge >= 0.3 is 0 Å². The molecule has 0 aliphatic carbocycles. The standard InChI is InChI=1S/C17H21N3S/c1-2-4-14(5-3-1)10-19-8-6-15-12-20(13-16(15)11-19)17-18-7-9-21-17/h1-5,7,9,15-16H,6,8,10-13H2. The number of piperidine rings is 1. The number of likely N-dealkylation sites (tertiary alicyclic amines) is 1. The van der Waals surface area contributed by atoms with Crippen molar-refractivity contribution in [2.24, 2.45) is 11.8 Å². The Balaban J connectivity index is 1.39. The molecule has 0 spiro atoms. The van der Waals surface area contributed by atoms with E-state index in [0.717, 1.165) is 18.4 Å². The number of hydrogen-bond donors (Lipinski definition) is 0. The van der Waals surface area contributed by atoms with E-state index in [1.165, 1.54) is 43.3 Å². The Bertz CT molecular complexity index is 569. The minimum Gasteiger partial charge on any atom is -0.347 e. The number of fused-ring (bicyclic) bond motifs is 1. The molecule has 0 N–H and O–H groups in total. The monoisotopic (exact) mass is 299 g/mol. The van der Waals surface area contributed by atoms with Gasteiger partial charge in [0, 0.05) is 37.8 Å². The van der Waals surface area contributed by atoms with Gasteiger partial charge in [-0.05, 0) is 30.4 Å². The Labute approximate surface area is 130 Å². The lowest BCUT2D eigenvalue weighted by atomic mass is 9.88. The van der Waals surface area contributed by atoms with Crippen molar-refractivity contribution in [1.82, 2.24) is 9.88 Å². The topological polar surface area (TPSA) is 19.4 Å². The van der Waals surface area contributed by atoms with Gasteiger partial charge in [0.15, 0.2) is 5.13 Å². The van der Waals surface area contributed by atoms with Crippen LogP contribution in [0.15, 0.2) is 41.9 Å². The summed E-state index contributed by atoms with van der Waals surface area (Å²) in [5.41, 5.74) is 1.44. The second kappa shape index (κ2) is 5.78. The van der Waals surface area contributed by atoms with Crippen molar-refractivity contribution in [1.29, 1.82) is 0 Å². The molecular formula is C17H21N3S. The largest absolute Gasteiger partial charge is 0.347 e. The highest BCUT2D eigenvalue weighted by Crippen LogP contribution is 2.34. The summed E-state index contributed by atoms with van der Waals surface area (Å²) in [4.78, 5) is 9.59. The van der Waals surface area contributed by atoms with Crippen LogP contribution < -0.4 is 4.90 Å². The molecule has 4 heteroatoms. The van der Waals surface area contributed by atoms with E-state index in [-0.39, 0.29) is 0 Å². The minimum atomic E-state index is 0.811. The van der Waals surface area contributed by atoms with Crippen LogP contribution in [0.5, 0.6) is 0 Å². The van der Waals surface area contributed by atoms with Gasteiger partial charge in [0.1, 0.15) is 0 Å². The zero-order valence-electron chi connectivity index (χ0n) is 12.2. The van der Waals surface area contributed by atoms with Gasteiger partial charge in [0.25, 0.3) is 0 Å². The molecule has 0 bridgehead atoms. The Morgan fingerprint density at radius 1 is 1.10 bits per heavy atom. The summed E-state index contributed by atoms with van der Waals surface area (Å²) in [6.07, 6.45) is 3.25. The first kappa shape index (κ1) is 13.3. The van der Waals surface area contributed by atoms with E-state index in [1.54, 1.807) is 11.3 Å². The molecule has 2 aromatic rings. The third-order valence-corrected chi connectivity index (χ3v) is 5.66. The lowest BCUT2D eigenvalue weighted by Gasteiger charge is -2.34. The fraction of sp³-hybridized carbons (Fsp3) is 0.471. The molecule has 2 saturated heterocycles. The Morgan fingerprint density at radius 2 is 1.95 bits per heavy atom. The Kier molecular flexibility index (Phi) is 3.65. The zero-order chi connectivity index (χ0) is 14.1. The van der Waals surface area contributed by atoms with E-state index in [0.29, 0.717) is 0 Å². The second-order valence-corrected chi connectivity index (χ2v) is 7.12. The summed E-state index contributed by atoms with van der Waals surface area (Å²) in [6, 6.07) is 10.9. The van der Waals surface area contributed by atoms with E-state index in [4.69, 9.17) is 0 Å². The molecule has 21 heavy (non-hydrogen) atoms. The van der Waals surface area contributed by atoms with E-state index >= 15 is 0 Å². The highest BCUT2D eigenvalue weighted by atomic mass is 32.1. The summed E-state index contributed by atoms with van der Waals surface area (Å²) in [5.74, 6) is 1.67. The summed E-state index contributed by atoms with van der Waals surface area (Å²) in [7, 11) is 0. The van der Waals surface area contributed by atoms with Crippen LogP contribution >= 0.6 is 11.3 Å². The number of hydrogen-bond acceptors (Lipinski definition) is 4. The first-order valence-corrected chi connectivity index (χ1v) is 8.67. The first-order chi connectivity index (χ1) is 10.4. The maximum atomic E-state index is 4.47. The van der Waals surface area contributed by atoms with Crippen molar-refractivity contribution >= 4 is 16.5 Å². The lowest BCUT2D eigenvalue weighted by Crippen LogP contribution is -2.39. The van der Waals surface area contributed by atoms with Crippen LogP contribution in [0, 0.1) is 11.8 Å². The number of aromatic nitrogens is 1. The quantitative estimate of drug-likeness (QED) is 0.868. The molecule has 3 nitrogen and oxygen atoms in total. The Hall–Kier alpha value is -1.39. The van der Waals surface area contributed by atoms with Crippen molar-refractivity contribution in [3.05, 3.63) is 47.5 Å². The molecule has 2 aliphatic rings. The third kappa shape index (κ3) is 2.83. The van der Waals surface area contributed by atoms with E-state index in [9.17, 15) is 0 Å². The van der Waals surface area contributed by atoms with Gasteiger partial charge in [-0.2, -0.15) is 0 Å². The number of rotatable bonds is 3. The highest BCUT2D eigenvalue weighted by Gasteiger charge is 2.37. The van der Waals surface area contributed by atoms with Crippen LogP contribution in [-0.2, 0) is 6.54 Å². The fourth-order valence-electron chi connectivity index (χ4n) is 3.76. The van der Waals surface area contributed by atoms with Gasteiger partial charge in [-0.25, -0.2) is 4.98 Å². The summed E-state index contributed by atoms with van der Waals surface area (Å²) in [5, 5.41) is 3.29. The molecular weight excluding hydrogens is 278 g/mol. The van der Waals surface area contributed by atoms with Crippen LogP contribution in [0.4, 0.5) is 5.13 Å². The van der Waals surface area contributed by atoms with Gasteiger partial charge in [0.2, 0.25) is 0 Å². The normalized spacial score (nSPS) is 26.0. The summed E-state index contributed by atoms with van der Waals surface area (Å²) in [6.45, 7) is 5.96. The van der Waals surface area contributed by atoms with Crippen molar-refractivity contribution in [2.45, 2.75) is 13.0 Å². The molecule has 2 atom stereocenters. The van der Waals surface area contributed by atoms with Crippen LogP contribution in [-0.4, -0.2) is 36.1 Å². The summed E-state index contributed by atoms with van der Waals surface area (Å²) >= 11 is 1.77. The maximum Gasteiger partial charge on any atom is 0.185 e. The second-order valence-electron chi connectivity index (χ2n) is 6.25.